The molecular weight excluding hydrogens is 156 g/mol. The van der Waals surface area contributed by atoms with Crippen LogP contribution in [0.4, 0.5) is 0 Å². The van der Waals surface area contributed by atoms with Crippen LogP contribution < -0.4 is 0 Å². The Labute approximate surface area is 92.0 Å². The molecule has 0 saturated carbocycles. The Morgan fingerprint density at radius 3 is 2.30 bits per heavy atom. The summed E-state index contributed by atoms with van der Waals surface area (Å²) in [5, 5.41) is 8.21. The van der Waals surface area contributed by atoms with Crippen LogP contribution >= 0.6 is 0 Å². The van der Waals surface area contributed by atoms with E-state index in [0.29, 0.717) is 6.42 Å². The van der Waals surface area contributed by atoms with Gasteiger partial charge in [0.25, 0.3) is 0 Å². The molecule has 10 heavy (non-hydrogen) atoms. The summed E-state index contributed by atoms with van der Waals surface area (Å²) in [5.41, 5.74) is 0. The third-order valence-corrected chi connectivity index (χ3v) is 1.24. The Balaban J connectivity index is 0. The second-order valence-corrected chi connectivity index (χ2v) is 2.20. The summed E-state index contributed by atoms with van der Waals surface area (Å²) in [6, 6.07) is 0. The Bertz CT molecular complexity index is 83.7. The minimum absolute atomic E-state index is 0. The Morgan fingerprint density at radius 1 is 1.30 bits per heavy atom. The van der Waals surface area contributed by atoms with Gasteiger partial charge in [0.1, 0.15) is 0 Å². The van der Waals surface area contributed by atoms with Crippen molar-refractivity contribution in [1.82, 2.24) is 0 Å². The van der Waals surface area contributed by atoms with Crippen molar-refractivity contribution in [2.75, 3.05) is 0 Å². The third kappa shape index (κ3) is 11.5. The zero-order valence-corrected chi connectivity index (χ0v) is 5.89. The van der Waals surface area contributed by atoms with Gasteiger partial charge >= 0.3 is 43.7 Å². The van der Waals surface area contributed by atoms with Crippen molar-refractivity contribution in [3.05, 3.63) is 0 Å². The molecule has 0 heterocycles. The molecule has 0 radical (unpaired) electrons. The maximum atomic E-state index is 9.96. The first kappa shape index (κ1) is 13.3. The standard InChI is InChI=1S/C7H14O2.Ca.2H/c1-2-3-4-5-6-7(8)9;;;/h2-6H2,1H3,(H,8,9);;;. The minimum atomic E-state index is -0.675. The van der Waals surface area contributed by atoms with Crippen LogP contribution in [0.25, 0.3) is 0 Å². The van der Waals surface area contributed by atoms with E-state index in [2.05, 4.69) is 6.92 Å². The normalized spacial score (nSPS) is 8.50. The molecule has 0 amide bonds. The number of unbranched alkanes of at least 4 members (excludes halogenated alkanes) is 3. The monoisotopic (exact) mass is 172 g/mol. The van der Waals surface area contributed by atoms with Crippen molar-refractivity contribution in [2.45, 2.75) is 39.0 Å². The van der Waals surface area contributed by atoms with Crippen LogP contribution in [0.5, 0.6) is 0 Å². The van der Waals surface area contributed by atoms with Gasteiger partial charge in [-0.2, -0.15) is 0 Å². The van der Waals surface area contributed by atoms with Crippen LogP contribution in [0.2, 0.25) is 0 Å². The van der Waals surface area contributed by atoms with Crippen molar-refractivity contribution in [3.8, 4) is 0 Å². The molecule has 0 bridgehead atoms. The van der Waals surface area contributed by atoms with E-state index in [1.54, 1.807) is 0 Å². The molecule has 2 nitrogen and oxygen atoms in total. The number of carboxylic acid groups (broad SMARTS) is 1. The zero-order valence-electron chi connectivity index (χ0n) is 5.89. The van der Waals surface area contributed by atoms with Gasteiger partial charge in [-0.05, 0) is 6.42 Å². The van der Waals surface area contributed by atoms with Gasteiger partial charge < -0.3 is 5.11 Å². The topological polar surface area (TPSA) is 37.3 Å². The van der Waals surface area contributed by atoms with Gasteiger partial charge in [-0.15, -0.1) is 0 Å². The molecule has 0 aromatic rings. The fourth-order valence-electron chi connectivity index (χ4n) is 0.703. The molecular formula is C7H16CaO2. The van der Waals surface area contributed by atoms with Crippen molar-refractivity contribution in [1.29, 1.82) is 0 Å². The van der Waals surface area contributed by atoms with E-state index in [4.69, 9.17) is 5.11 Å². The van der Waals surface area contributed by atoms with E-state index >= 15 is 0 Å². The molecule has 0 spiro atoms. The molecule has 0 aliphatic carbocycles. The quantitative estimate of drug-likeness (QED) is 0.498. The van der Waals surface area contributed by atoms with Crippen LogP contribution in [0, 0.1) is 0 Å². The first-order chi connectivity index (χ1) is 4.27. The second-order valence-electron chi connectivity index (χ2n) is 2.20. The Hall–Kier alpha value is 0.730. The van der Waals surface area contributed by atoms with Crippen LogP contribution in [0.1, 0.15) is 39.0 Å². The zero-order chi connectivity index (χ0) is 7.11. The van der Waals surface area contributed by atoms with E-state index in [-0.39, 0.29) is 37.7 Å². The van der Waals surface area contributed by atoms with Gasteiger partial charge in [0.2, 0.25) is 0 Å². The van der Waals surface area contributed by atoms with E-state index in [1.807, 2.05) is 0 Å². The molecule has 0 atom stereocenters. The first-order valence-corrected chi connectivity index (χ1v) is 3.49. The SMILES string of the molecule is CCCCCCC(=O)O.[CaH2]. The van der Waals surface area contributed by atoms with E-state index in [0.717, 1.165) is 19.3 Å². The van der Waals surface area contributed by atoms with Gasteiger partial charge in [0.15, 0.2) is 0 Å². The fraction of sp³-hybridized carbons (Fsp3) is 0.857. The summed E-state index contributed by atoms with van der Waals surface area (Å²) in [6.45, 7) is 2.11. The summed E-state index contributed by atoms with van der Waals surface area (Å²) in [6.07, 6.45) is 4.55. The van der Waals surface area contributed by atoms with Gasteiger partial charge in [-0.1, -0.05) is 26.2 Å². The molecule has 1 N–H and O–H groups in total. The third-order valence-electron chi connectivity index (χ3n) is 1.24. The Kier molecular flexibility index (Phi) is 13.0. The molecule has 3 heteroatoms. The molecule has 0 aromatic heterocycles. The average molecular weight is 172 g/mol. The van der Waals surface area contributed by atoms with E-state index in [1.165, 1.54) is 6.42 Å². The predicted octanol–water partition coefficient (Wildman–Crippen LogP) is 1.13. The molecule has 0 unspecified atom stereocenters. The van der Waals surface area contributed by atoms with Crippen LogP contribution in [0.15, 0.2) is 0 Å². The summed E-state index contributed by atoms with van der Waals surface area (Å²) >= 11 is 0. The predicted molar refractivity (Wildman–Crippen MR) is 44.9 cm³/mol. The summed E-state index contributed by atoms with van der Waals surface area (Å²) < 4.78 is 0. The molecule has 0 fully saturated rings. The summed E-state index contributed by atoms with van der Waals surface area (Å²) in [5.74, 6) is -0.675. The number of aliphatic carboxylic acids is 1. The van der Waals surface area contributed by atoms with Crippen LogP contribution in [0.3, 0.4) is 0 Å². The van der Waals surface area contributed by atoms with Gasteiger partial charge in [0.05, 0.1) is 0 Å². The van der Waals surface area contributed by atoms with Crippen molar-refractivity contribution in [3.63, 3.8) is 0 Å². The van der Waals surface area contributed by atoms with Gasteiger partial charge in [-0.3, -0.25) is 4.79 Å². The maximum absolute atomic E-state index is 9.96. The van der Waals surface area contributed by atoms with Gasteiger partial charge in [-0.25, -0.2) is 0 Å². The molecule has 0 aliphatic heterocycles. The first-order valence-electron chi connectivity index (χ1n) is 3.49. The second kappa shape index (κ2) is 9.73. The van der Waals surface area contributed by atoms with E-state index in [9.17, 15) is 4.79 Å². The summed E-state index contributed by atoms with van der Waals surface area (Å²) in [7, 11) is 0. The van der Waals surface area contributed by atoms with Crippen molar-refractivity contribution in [2.24, 2.45) is 0 Å². The number of rotatable bonds is 5. The van der Waals surface area contributed by atoms with Crippen LogP contribution in [-0.4, -0.2) is 48.8 Å². The molecule has 0 saturated heterocycles. The van der Waals surface area contributed by atoms with E-state index < -0.39 is 5.97 Å². The molecule has 0 aromatic carbocycles. The number of hydrogen-bond donors (Lipinski definition) is 1. The fourth-order valence-corrected chi connectivity index (χ4v) is 0.703. The van der Waals surface area contributed by atoms with Crippen molar-refractivity contribution < 1.29 is 9.90 Å². The average Bonchev–Trinajstić information content (AvgIpc) is 1.80. The Morgan fingerprint density at radius 2 is 1.90 bits per heavy atom. The van der Waals surface area contributed by atoms with Crippen LogP contribution in [-0.2, 0) is 4.79 Å². The molecule has 58 valence electrons. The number of carbonyl (C=O) groups is 1. The molecule has 0 aliphatic rings. The number of carboxylic acids is 1. The number of hydrogen-bond acceptors (Lipinski definition) is 1. The van der Waals surface area contributed by atoms with Gasteiger partial charge in [0, 0.05) is 6.42 Å². The summed E-state index contributed by atoms with van der Waals surface area (Å²) in [4.78, 5) is 9.96. The molecule has 0 rings (SSSR count). The van der Waals surface area contributed by atoms with Crippen molar-refractivity contribution >= 4 is 43.7 Å².